The lowest BCUT2D eigenvalue weighted by atomic mass is 10.1. The van der Waals surface area contributed by atoms with Crippen molar-refractivity contribution in [2.24, 2.45) is 5.73 Å². The van der Waals surface area contributed by atoms with Gasteiger partial charge in [-0.25, -0.2) is 0 Å². The molecule has 3 N–H and O–H groups in total. The summed E-state index contributed by atoms with van der Waals surface area (Å²) in [7, 11) is 0. The minimum absolute atomic E-state index is 0. The number of carbonyl (C=O) groups is 1. The average molecular weight is 301 g/mol. The zero-order valence-electron chi connectivity index (χ0n) is 12.7. The van der Waals surface area contributed by atoms with E-state index in [0.29, 0.717) is 19.6 Å². The highest BCUT2D eigenvalue weighted by molar-refractivity contribution is 5.85. The topological polar surface area (TPSA) is 64.3 Å². The minimum Gasteiger partial charge on any atom is -0.493 e. The molecule has 0 radical (unpaired) electrons. The predicted octanol–water partition coefficient (Wildman–Crippen LogP) is 2.35. The van der Waals surface area contributed by atoms with E-state index in [9.17, 15) is 4.79 Å². The Hall–Kier alpha value is -1.26. The van der Waals surface area contributed by atoms with E-state index in [4.69, 9.17) is 10.5 Å². The molecular formula is C15H25ClN2O2. The molecule has 0 unspecified atom stereocenters. The SMILES string of the molecule is Cc1ccc(OCCC(=O)NCC(C)(C)N)c(C)c1.Cl. The van der Waals surface area contributed by atoms with Gasteiger partial charge in [-0.1, -0.05) is 17.7 Å². The van der Waals surface area contributed by atoms with Crippen molar-refractivity contribution in [1.82, 2.24) is 5.32 Å². The Labute approximate surface area is 127 Å². The molecule has 1 aromatic carbocycles. The van der Waals surface area contributed by atoms with Crippen molar-refractivity contribution in [3.8, 4) is 5.75 Å². The van der Waals surface area contributed by atoms with Crippen LogP contribution in [0.25, 0.3) is 0 Å². The van der Waals surface area contributed by atoms with Gasteiger partial charge in [-0.05, 0) is 39.3 Å². The number of nitrogens with two attached hydrogens (primary N) is 1. The van der Waals surface area contributed by atoms with E-state index in [1.54, 1.807) is 0 Å². The fourth-order valence-electron chi connectivity index (χ4n) is 1.63. The summed E-state index contributed by atoms with van der Waals surface area (Å²) in [6.45, 7) is 8.63. The lowest BCUT2D eigenvalue weighted by Gasteiger charge is -2.19. The van der Waals surface area contributed by atoms with Gasteiger partial charge in [0.1, 0.15) is 5.75 Å². The molecule has 0 spiro atoms. The number of amides is 1. The Morgan fingerprint density at radius 3 is 2.55 bits per heavy atom. The molecule has 0 atom stereocenters. The molecule has 0 aliphatic heterocycles. The van der Waals surface area contributed by atoms with Crippen molar-refractivity contribution < 1.29 is 9.53 Å². The van der Waals surface area contributed by atoms with Crippen molar-refractivity contribution in [2.75, 3.05) is 13.2 Å². The quantitative estimate of drug-likeness (QED) is 0.847. The number of hydrogen-bond acceptors (Lipinski definition) is 3. The molecule has 20 heavy (non-hydrogen) atoms. The second kappa shape index (κ2) is 8.12. The maximum absolute atomic E-state index is 11.6. The van der Waals surface area contributed by atoms with Crippen LogP contribution in [-0.4, -0.2) is 24.6 Å². The summed E-state index contributed by atoms with van der Waals surface area (Å²) >= 11 is 0. The first-order chi connectivity index (χ1) is 8.78. The number of rotatable bonds is 6. The number of hydrogen-bond donors (Lipinski definition) is 2. The number of carbonyl (C=O) groups excluding carboxylic acids is 1. The molecule has 1 amide bonds. The maximum Gasteiger partial charge on any atom is 0.223 e. The largest absolute Gasteiger partial charge is 0.493 e. The summed E-state index contributed by atoms with van der Waals surface area (Å²) in [5.74, 6) is 0.792. The summed E-state index contributed by atoms with van der Waals surface area (Å²) in [6, 6.07) is 6.00. The van der Waals surface area contributed by atoms with Gasteiger partial charge in [0.05, 0.1) is 13.0 Å². The smallest absolute Gasteiger partial charge is 0.223 e. The van der Waals surface area contributed by atoms with Crippen molar-refractivity contribution in [3.63, 3.8) is 0 Å². The van der Waals surface area contributed by atoms with Crippen LogP contribution in [0.5, 0.6) is 5.75 Å². The van der Waals surface area contributed by atoms with Gasteiger partial charge in [0.15, 0.2) is 0 Å². The molecule has 1 aromatic rings. The number of nitrogens with one attached hydrogen (secondary N) is 1. The molecule has 114 valence electrons. The minimum atomic E-state index is -0.385. The van der Waals surface area contributed by atoms with E-state index in [-0.39, 0.29) is 23.9 Å². The summed E-state index contributed by atoms with van der Waals surface area (Å²) in [4.78, 5) is 11.6. The Balaban J connectivity index is 0.00000361. The summed E-state index contributed by atoms with van der Waals surface area (Å²) in [5.41, 5.74) is 7.69. The molecule has 4 nitrogen and oxygen atoms in total. The Morgan fingerprint density at radius 2 is 2.00 bits per heavy atom. The average Bonchev–Trinajstić information content (AvgIpc) is 2.28. The number of aryl methyl sites for hydroxylation is 2. The highest BCUT2D eigenvalue weighted by Crippen LogP contribution is 2.18. The van der Waals surface area contributed by atoms with Crippen LogP contribution in [0.15, 0.2) is 18.2 Å². The summed E-state index contributed by atoms with van der Waals surface area (Å²) in [6.07, 6.45) is 0.337. The molecule has 0 aromatic heterocycles. The normalized spacial score (nSPS) is 10.7. The Kier molecular flexibility index (Phi) is 7.61. The lowest BCUT2D eigenvalue weighted by Crippen LogP contribution is -2.45. The van der Waals surface area contributed by atoms with Gasteiger partial charge in [0.2, 0.25) is 5.91 Å². The van der Waals surface area contributed by atoms with Crippen LogP contribution in [0.4, 0.5) is 0 Å². The Morgan fingerprint density at radius 1 is 1.35 bits per heavy atom. The third-order valence-electron chi connectivity index (χ3n) is 2.66. The van der Waals surface area contributed by atoms with Gasteiger partial charge < -0.3 is 15.8 Å². The van der Waals surface area contributed by atoms with Crippen LogP contribution in [0.2, 0.25) is 0 Å². The van der Waals surface area contributed by atoms with E-state index in [1.807, 2.05) is 39.8 Å². The first-order valence-electron chi connectivity index (χ1n) is 6.53. The van der Waals surface area contributed by atoms with Crippen LogP contribution in [-0.2, 0) is 4.79 Å². The molecule has 0 aliphatic rings. The second-order valence-corrected chi connectivity index (χ2v) is 5.63. The second-order valence-electron chi connectivity index (χ2n) is 5.63. The first kappa shape index (κ1) is 18.7. The van der Waals surface area contributed by atoms with Crippen molar-refractivity contribution in [1.29, 1.82) is 0 Å². The van der Waals surface area contributed by atoms with Gasteiger partial charge in [0.25, 0.3) is 0 Å². The molecule has 0 heterocycles. The van der Waals surface area contributed by atoms with E-state index < -0.39 is 0 Å². The molecule has 0 saturated heterocycles. The molecule has 0 saturated carbocycles. The van der Waals surface area contributed by atoms with Crippen LogP contribution in [0.1, 0.15) is 31.4 Å². The number of halogens is 1. The van der Waals surface area contributed by atoms with E-state index in [2.05, 4.69) is 11.4 Å². The highest BCUT2D eigenvalue weighted by atomic mass is 35.5. The highest BCUT2D eigenvalue weighted by Gasteiger charge is 2.12. The standard InChI is InChI=1S/C15H24N2O2.ClH/c1-11-5-6-13(12(2)9-11)19-8-7-14(18)17-10-15(3,4)16;/h5-6,9H,7-8,10,16H2,1-4H3,(H,17,18);1H. The number of benzene rings is 1. The molecule has 5 heteroatoms. The molecule has 0 bridgehead atoms. The predicted molar refractivity (Wildman–Crippen MR) is 84.6 cm³/mol. The van der Waals surface area contributed by atoms with Gasteiger partial charge in [-0.15, -0.1) is 12.4 Å². The molecule has 0 aliphatic carbocycles. The molecule has 1 rings (SSSR count). The van der Waals surface area contributed by atoms with E-state index in [0.717, 1.165) is 11.3 Å². The van der Waals surface area contributed by atoms with E-state index >= 15 is 0 Å². The summed E-state index contributed by atoms with van der Waals surface area (Å²) in [5, 5.41) is 2.79. The van der Waals surface area contributed by atoms with Crippen molar-refractivity contribution in [3.05, 3.63) is 29.3 Å². The lowest BCUT2D eigenvalue weighted by molar-refractivity contribution is -0.121. The molecular weight excluding hydrogens is 276 g/mol. The zero-order valence-corrected chi connectivity index (χ0v) is 13.5. The third-order valence-corrected chi connectivity index (χ3v) is 2.66. The monoisotopic (exact) mass is 300 g/mol. The van der Waals surface area contributed by atoms with Gasteiger partial charge in [-0.2, -0.15) is 0 Å². The zero-order chi connectivity index (χ0) is 14.5. The van der Waals surface area contributed by atoms with Crippen LogP contribution in [0, 0.1) is 13.8 Å². The molecule has 0 fully saturated rings. The summed E-state index contributed by atoms with van der Waals surface area (Å²) < 4.78 is 5.60. The first-order valence-corrected chi connectivity index (χ1v) is 6.53. The van der Waals surface area contributed by atoms with Crippen LogP contribution in [0.3, 0.4) is 0 Å². The van der Waals surface area contributed by atoms with Gasteiger partial charge >= 0.3 is 0 Å². The van der Waals surface area contributed by atoms with E-state index in [1.165, 1.54) is 5.56 Å². The maximum atomic E-state index is 11.6. The van der Waals surface area contributed by atoms with Crippen LogP contribution < -0.4 is 15.8 Å². The van der Waals surface area contributed by atoms with Crippen LogP contribution >= 0.6 is 12.4 Å². The van der Waals surface area contributed by atoms with Gasteiger partial charge in [0, 0.05) is 12.1 Å². The number of ether oxygens (including phenoxy) is 1. The van der Waals surface area contributed by atoms with Gasteiger partial charge in [-0.3, -0.25) is 4.79 Å². The Bertz CT molecular complexity index is 442. The third kappa shape index (κ3) is 7.36. The van der Waals surface area contributed by atoms with Crippen molar-refractivity contribution in [2.45, 2.75) is 39.7 Å². The fraction of sp³-hybridized carbons (Fsp3) is 0.533. The van der Waals surface area contributed by atoms with Crippen molar-refractivity contribution >= 4 is 18.3 Å². The fourth-order valence-corrected chi connectivity index (χ4v) is 1.63.